The Morgan fingerprint density at radius 2 is 2.29 bits per heavy atom. The van der Waals surface area contributed by atoms with Crippen LogP contribution in [-0.2, 0) is 12.8 Å². The van der Waals surface area contributed by atoms with Crippen LogP contribution in [0.1, 0.15) is 25.0 Å². The zero-order valence-electron chi connectivity index (χ0n) is 8.75. The highest BCUT2D eigenvalue weighted by Crippen LogP contribution is 2.26. The summed E-state index contributed by atoms with van der Waals surface area (Å²) >= 11 is 0. The third kappa shape index (κ3) is 1.62. The van der Waals surface area contributed by atoms with E-state index in [1.165, 1.54) is 16.8 Å². The Bertz CT molecular complexity index is 335. The van der Waals surface area contributed by atoms with Crippen molar-refractivity contribution in [2.45, 2.75) is 38.8 Å². The molecule has 2 rings (SSSR count). The first-order valence-electron chi connectivity index (χ1n) is 5.27. The van der Waals surface area contributed by atoms with Crippen molar-refractivity contribution in [1.29, 1.82) is 0 Å². The summed E-state index contributed by atoms with van der Waals surface area (Å²) in [4.78, 5) is 0. The van der Waals surface area contributed by atoms with E-state index in [0.29, 0.717) is 0 Å². The minimum atomic E-state index is -0.255. The highest BCUT2D eigenvalue weighted by Gasteiger charge is 2.22. The molecule has 1 aliphatic rings. The minimum absolute atomic E-state index is 0.162. The lowest BCUT2D eigenvalue weighted by Crippen LogP contribution is -2.36. The fourth-order valence-electron chi connectivity index (χ4n) is 1.92. The van der Waals surface area contributed by atoms with E-state index < -0.39 is 0 Å². The summed E-state index contributed by atoms with van der Waals surface area (Å²) in [6.45, 7) is 4.17. The Kier molecular flexibility index (Phi) is 2.46. The zero-order chi connectivity index (χ0) is 10.1. The van der Waals surface area contributed by atoms with Gasteiger partial charge in [-0.2, -0.15) is 0 Å². The van der Waals surface area contributed by atoms with Crippen LogP contribution in [0.5, 0.6) is 0 Å². The smallest absolute Gasteiger partial charge is 0.0779 e. The Balaban J connectivity index is 2.33. The molecule has 1 aromatic carbocycles. The number of anilines is 1. The molecule has 0 saturated heterocycles. The molecule has 2 N–H and O–H groups in total. The second-order valence-electron chi connectivity index (χ2n) is 4.05. The predicted octanol–water partition coefficient (Wildman–Crippen LogP) is 1.97. The molecule has 0 spiro atoms. The maximum Gasteiger partial charge on any atom is 0.0779 e. The lowest BCUT2D eigenvalue weighted by molar-refractivity contribution is 0.154. The number of nitrogens with one attached hydrogen (secondary N) is 1. The van der Waals surface area contributed by atoms with Crippen molar-refractivity contribution in [1.82, 2.24) is 0 Å². The van der Waals surface area contributed by atoms with Gasteiger partial charge in [0.1, 0.15) is 0 Å². The fraction of sp³-hybridized carbons (Fsp3) is 0.500. The predicted molar refractivity (Wildman–Crippen MR) is 58.6 cm³/mol. The average Bonchev–Trinajstić information content (AvgIpc) is 2.19. The number of rotatable bonds is 1. The summed E-state index contributed by atoms with van der Waals surface area (Å²) < 4.78 is 0. The monoisotopic (exact) mass is 191 g/mol. The molecular formula is C12H17NO. The number of aliphatic hydroxyl groups is 1. The van der Waals surface area contributed by atoms with E-state index in [1.54, 1.807) is 0 Å². The van der Waals surface area contributed by atoms with Crippen molar-refractivity contribution >= 4 is 5.69 Å². The van der Waals surface area contributed by atoms with Crippen LogP contribution >= 0.6 is 0 Å². The Labute approximate surface area is 85.0 Å². The van der Waals surface area contributed by atoms with Crippen LogP contribution in [-0.4, -0.2) is 17.3 Å². The van der Waals surface area contributed by atoms with Gasteiger partial charge in [-0.25, -0.2) is 0 Å². The summed E-state index contributed by atoms with van der Waals surface area (Å²) in [6, 6.07) is 6.62. The Morgan fingerprint density at radius 1 is 1.50 bits per heavy atom. The second kappa shape index (κ2) is 3.62. The van der Waals surface area contributed by atoms with E-state index in [9.17, 15) is 5.11 Å². The van der Waals surface area contributed by atoms with E-state index in [4.69, 9.17) is 0 Å². The van der Waals surface area contributed by atoms with E-state index in [-0.39, 0.29) is 12.1 Å². The Morgan fingerprint density at radius 3 is 3.00 bits per heavy atom. The Hall–Kier alpha value is -1.02. The van der Waals surface area contributed by atoms with E-state index >= 15 is 0 Å². The molecule has 2 atom stereocenters. The van der Waals surface area contributed by atoms with Crippen LogP contribution in [0.4, 0.5) is 5.69 Å². The third-order valence-electron chi connectivity index (χ3n) is 2.97. The van der Waals surface area contributed by atoms with Crippen molar-refractivity contribution in [2.75, 3.05) is 5.32 Å². The molecular weight excluding hydrogens is 174 g/mol. The number of fused-ring (bicyclic) bond motifs is 1. The van der Waals surface area contributed by atoms with Gasteiger partial charge in [0.2, 0.25) is 0 Å². The van der Waals surface area contributed by atoms with Crippen LogP contribution in [0.15, 0.2) is 18.2 Å². The maximum atomic E-state index is 9.73. The van der Waals surface area contributed by atoms with Crippen molar-refractivity contribution in [2.24, 2.45) is 0 Å². The molecule has 14 heavy (non-hydrogen) atoms. The first-order valence-corrected chi connectivity index (χ1v) is 5.27. The first kappa shape index (κ1) is 9.53. The maximum absolute atomic E-state index is 9.73. The summed E-state index contributed by atoms with van der Waals surface area (Å²) in [5.74, 6) is 0. The molecule has 0 radical (unpaired) electrons. The van der Waals surface area contributed by atoms with Crippen LogP contribution in [0, 0.1) is 0 Å². The second-order valence-corrected chi connectivity index (χ2v) is 4.05. The molecule has 1 aromatic rings. The van der Waals surface area contributed by atoms with Crippen molar-refractivity contribution in [3.8, 4) is 0 Å². The number of hydrogen-bond acceptors (Lipinski definition) is 2. The molecule has 0 aromatic heterocycles. The molecule has 0 aliphatic carbocycles. The lowest BCUT2D eigenvalue weighted by Gasteiger charge is -2.29. The van der Waals surface area contributed by atoms with Crippen molar-refractivity contribution < 1.29 is 5.11 Å². The molecule has 1 heterocycles. The zero-order valence-corrected chi connectivity index (χ0v) is 8.75. The summed E-state index contributed by atoms with van der Waals surface area (Å²) in [6.07, 6.45) is 1.57. The number of aryl methyl sites for hydroxylation is 1. The lowest BCUT2D eigenvalue weighted by atomic mass is 9.94. The fourth-order valence-corrected chi connectivity index (χ4v) is 1.92. The van der Waals surface area contributed by atoms with Gasteiger partial charge in [0.25, 0.3) is 0 Å². The van der Waals surface area contributed by atoms with Crippen LogP contribution in [0.25, 0.3) is 0 Å². The molecule has 0 bridgehead atoms. The summed E-state index contributed by atoms with van der Waals surface area (Å²) in [5, 5.41) is 13.0. The average molecular weight is 191 g/mol. The van der Waals surface area contributed by atoms with Gasteiger partial charge in [-0.05, 0) is 30.5 Å². The first-order chi connectivity index (χ1) is 6.70. The van der Waals surface area contributed by atoms with Gasteiger partial charge in [-0.1, -0.05) is 19.1 Å². The van der Waals surface area contributed by atoms with Gasteiger partial charge in [0, 0.05) is 18.2 Å². The van der Waals surface area contributed by atoms with Crippen molar-refractivity contribution in [3.05, 3.63) is 29.3 Å². The number of benzene rings is 1. The molecule has 1 aliphatic heterocycles. The van der Waals surface area contributed by atoms with Gasteiger partial charge in [0.15, 0.2) is 0 Å². The normalized spacial score (nSPS) is 25.4. The van der Waals surface area contributed by atoms with E-state index in [0.717, 1.165) is 12.8 Å². The molecule has 0 saturated carbocycles. The summed E-state index contributed by atoms with van der Waals surface area (Å²) in [7, 11) is 0. The molecule has 76 valence electrons. The number of hydrogen-bond donors (Lipinski definition) is 2. The number of aliphatic hydroxyl groups excluding tert-OH is 1. The largest absolute Gasteiger partial charge is 0.391 e. The van der Waals surface area contributed by atoms with Gasteiger partial charge < -0.3 is 10.4 Å². The van der Waals surface area contributed by atoms with Crippen LogP contribution in [0.3, 0.4) is 0 Å². The SMILES string of the molecule is CCc1ccc2c(c1)CC(O)C(C)N2. The highest BCUT2D eigenvalue weighted by molar-refractivity contribution is 5.55. The highest BCUT2D eigenvalue weighted by atomic mass is 16.3. The third-order valence-corrected chi connectivity index (χ3v) is 2.97. The molecule has 0 fully saturated rings. The standard InChI is InChI=1S/C12H17NO/c1-3-9-4-5-11-10(6-9)7-12(14)8(2)13-11/h4-6,8,12-14H,3,7H2,1-2H3. The molecule has 2 heteroatoms. The van der Waals surface area contributed by atoms with Crippen LogP contribution in [0.2, 0.25) is 0 Å². The van der Waals surface area contributed by atoms with Gasteiger partial charge in [-0.3, -0.25) is 0 Å². The van der Waals surface area contributed by atoms with E-state index in [2.05, 4.69) is 30.4 Å². The van der Waals surface area contributed by atoms with E-state index in [1.807, 2.05) is 6.92 Å². The van der Waals surface area contributed by atoms with Gasteiger partial charge in [-0.15, -0.1) is 0 Å². The topological polar surface area (TPSA) is 32.3 Å². The molecule has 0 amide bonds. The van der Waals surface area contributed by atoms with Gasteiger partial charge >= 0.3 is 0 Å². The minimum Gasteiger partial charge on any atom is -0.391 e. The summed E-state index contributed by atoms with van der Waals surface area (Å²) in [5.41, 5.74) is 3.77. The van der Waals surface area contributed by atoms with Crippen molar-refractivity contribution in [3.63, 3.8) is 0 Å². The molecule has 2 unspecified atom stereocenters. The van der Waals surface area contributed by atoms with Gasteiger partial charge in [0.05, 0.1) is 6.10 Å². The quantitative estimate of drug-likeness (QED) is 0.711. The van der Waals surface area contributed by atoms with Crippen LogP contribution < -0.4 is 5.32 Å². The molecule has 2 nitrogen and oxygen atoms in total.